The van der Waals surface area contributed by atoms with Gasteiger partial charge in [-0.25, -0.2) is 9.37 Å². The summed E-state index contributed by atoms with van der Waals surface area (Å²) in [6.07, 6.45) is 2.44. The fraction of sp³-hybridized carbons (Fsp3) is 0.688. The molecule has 0 amide bonds. The summed E-state index contributed by atoms with van der Waals surface area (Å²) in [6, 6.07) is 1.51. The van der Waals surface area contributed by atoms with E-state index in [0.29, 0.717) is 24.1 Å². The average molecular weight is 322 g/mol. The number of nitrogens with zero attached hydrogens (tertiary/aromatic N) is 1. The molecular weight excluding hydrogens is 298 g/mol. The molecule has 7 heteroatoms. The van der Waals surface area contributed by atoms with Crippen LogP contribution in [0.4, 0.5) is 10.2 Å². The Morgan fingerprint density at radius 3 is 2.30 bits per heavy atom. The van der Waals surface area contributed by atoms with E-state index in [4.69, 9.17) is 9.31 Å². The fourth-order valence-electron chi connectivity index (χ4n) is 3.02. The van der Waals surface area contributed by atoms with Crippen LogP contribution in [0.5, 0.6) is 0 Å². The highest BCUT2D eigenvalue weighted by atomic mass is 19.1. The lowest BCUT2D eigenvalue weighted by atomic mass is 9.76. The molecular formula is C16H24BFN2O3. The van der Waals surface area contributed by atoms with E-state index in [1.54, 1.807) is 6.92 Å². The van der Waals surface area contributed by atoms with E-state index < -0.39 is 29.7 Å². The quantitative estimate of drug-likeness (QED) is 0.832. The number of hydrogen-bond acceptors (Lipinski definition) is 5. The van der Waals surface area contributed by atoms with Crippen LogP contribution in [0.15, 0.2) is 12.3 Å². The van der Waals surface area contributed by atoms with E-state index >= 15 is 0 Å². The fourth-order valence-corrected chi connectivity index (χ4v) is 3.02. The molecule has 3 rings (SSSR count). The largest absolute Gasteiger partial charge is 0.498 e. The molecule has 2 aliphatic rings. The van der Waals surface area contributed by atoms with Gasteiger partial charge in [-0.2, -0.15) is 0 Å². The van der Waals surface area contributed by atoms with Crippen molar-refractivity contribution in [1.29, 1.82) is 0 Å². The lowest BCUT2D eigenvalue weighted by molar-refractivity contribution is -0.0235. The molecule has 1 aromatic rings. The van der Waals surface area contributed by atoms with Crippen molar-refractivity contribution in [2.24, 2.45) is 0 Å². The molecule has 1 aliphatic carbocycles. The average Bonchev–Trinajstić information content (AvgIpc) is 2.58. The van der Waals surface area contributed by atoms with Gasteiger partial charge in [0, 0.05) is 11.5 Å². The van der Waals surface area contributed by atoms with E-state index in [9.17, 15) is 9.50 Å². The molecule has 0 atom stereocenters. The summed E-state index contributed by atoms with van der Waals surface area (Å²) in [6.45, 7) is 9.62. The number of halogens is 1. The van der Waals surface area contributed by atoms with E-state index in [1.807, 2.05) is 27.7 Å². The maximum atomic E-state index is 13.7. The topological polar surface area (TPSA) is 63.6 Å². The highest BCUT2D eigenvalue weighted by Crippen LogP contribution is 2.37. The third-order valence-corrected chi connectivity index (χ3v) is 5.10. The summed E-state index contributed by atoms with van der Waals surface area (Å²) < 4.78 is 25.7. The standard InChI is InChI=1S/C16H24BFN2O3/c1-14(2)15(3,4)23-17(22-14)12-6-10(18)9-19-13(12)20-11-7-16(5,21)8-11/h6,9,11,21H,7-8H2,1-5H3,(H,19,20). The maximum absolute atomic E-state index is 13.7. The lowest BCUT2D eigenvalue weighted by Gasteiger charge is -2.41. The van der Waals surface area contributed by atoms with Crippen molar-refractivity contribution < 1.29 is 18.8 Å². The van der Waals surface area contributed by atoms with Gasteiger partial charge in [0.2, 0.25) is 0 Å². The van der Waals surface area contributed by atoms with E-state index in [0.717, 1.165) is 0 Å². The third-order valence-electron chi connectivity index (χ3n) is 5.10. The van der Waals surface area contributed by atoms with Crippen molar-refractivity contribution in [3.05, 3.63) is 18.1 Å². The molecule has 1 aromatic heterocycles. The molecule has 0 unspecified atom stereocenters. The lowest BCUT2D eigenvalue weighted by Crippen LogP contribution is -2.49. The summed E-state index contributed by atoms with van der Waals surface area (Å²) in [5.74, 6) is 0.117. The van der Waals surface area contributed by atoms with Gasteiger partial charge in [-0.3, -0.25) is 0 Å². The van der Waals surface area contributed by atoms with Crippen LogP contribution in [0.25, 0.3) is 0 Å². The van der Waals surface area contributed by atoms with Gasteiger partial charge < -0.3 is 19.7 Å². The number of hydrogen-bond donors (Lipinski definition) is 2. The van der Waals surface area contributed by atoms with Crippen molar-refractivity contribution in [2.75, 3.05) is 5.32 Å². The summed E-state index contributed by atoms with van der Waals surface area (Å²) in [5, 5.41) is 13.1. The highest BCUT2D eigenvalue weighted by molar-refractivity contribution is 6.63. The van der Waals surface area contributed by atoms with Gasteiger partial charge >= 0.3 is 7.12 Å². The monoisotopic (exact) mass is 322 g/mol. The van der Waals surface area contributed by atoms with Gasteiger partial charge in [-0.05, 0) is 53.5 Å². The Morgan fingerprint density at radius 1 is 1.22 bits per heavy atom. The molecule has 1 aliphatic heterocycles. The first-order valence-electron chi connectivity index (χ1n) is 7.99. The summed E-state index contributed by atoms with van der Waals surface area (Å²) in [5.41, 5.74) is -1.08. The Balaban J connectivity index is 1.83. The van der Waals surface area contributed by atoms with Crippen LogP contribution in [-0.4, -0.2) is 40.1 Å². The molecule has 126 valence electrons. The Morgan fingerprint density at radius 2 is 1.78 bits per heavy atom. The minimum absolute atomic E-state index is 0.115. The number of pyridine rings is 1. The van der Waals surface area contributed by atoms with Gasteiger partial charge in [0.25, 0.3) is 0 Å². The molecule has 2 N–H and O–H groups in total. The van der Waals surface area contributed by atoms with Gasteiger partial charge in [0.05, 0.1) is 23.0 Å². The van der Waals surface area contributed by atoms with Gasteiger partial charge in [-0.15, -0.1) is 0 Å². The number of aliphatic hydroxyl groups is 1. The Hall–Kier alpha value is -1.18. The number of nitrogens with one attached hydrogen (secondary N) is 1. The smallest absolute Gasteiger partial charge is 0.399 e. The minimum atomic E-state index is -0.675. The van der Waals surface area contributed by atoms with Crippen molar-refractivity contribution >= 4 is 18.4 Å². The molecule has 5 nitrogen and oxygen atoms in total. The summed E-state index contributed by atoms with van der Waals surface area (Å²) in [4.78, 5) is 4.16. The van der Waals surface area contributed by atoms with Gasteiger partial charge in [0.15, 0.2) is 0 Å². The van der Waals surface area contributed by atoms with Crippen LogP contribution >= 0.6 is 0 Å². The van der Waals surface area contributed by atoms with Crippen LogP contribution in [-0.2, 0) is 9.31 Å². The van der Waals surface area contributed by atoms with Gasteiger partial charge in [0.1, 0.15) is 11.6 Å². The molecule has 0 radical (unpaired) electrons. The van der Waals surface area contributed by atoms with Crippen molar-refractivity contribution in [3.8, 4) is 0 Å². The van der Waals surface area contributed by atoms with Crippen LogP contribution < -0.4 is 10.8 Å². The van der Waals surface area contributed by atoms with E-state index in [2.05, 4.69) is 10.3 Å². The second kappa shape index (κ2) is 5.16. The minimum Gasteiger partial charge on any atom is -0.399 e. The maximum Gasteiger partial charge on any atom is 0.498 e. The highest BCUT2D eigenvalue weighted by Gasteiger charge is 2.52. The van der Waals surface area contributed by atoms with Crippen LogP contribution in [0, 0.1) is 5.82 Å². The van der Waals surface area contributed by atoms with Crippen molar-refractivity contribution in [2.45, 2.75) is 70.3 Å². The Kier molecular flexibility index (Phi) is 3.74. The predicted molar refractivity (Wildman–Crippen MR) is 87.2 cm³/mol. The second-order valence-electron chi connectivity index (χ2n) is 7.93. The first-order chi connectivity index (χ1) is 10.5. The molecule has 0 aromatic carbocycles. The van der Waals surface area contributed by atoms with Gasteiger partial charge in [-0.1, -0.05) is 0 Å². The first kappa shape index (κ1) is 16.7. The number of rotatable bonds is 3. The summed E-state index contributed by atoms with van der Waals surface area (Å²) in [7, 11) is -0.675. The predicted octanol–water partition coefficient (Wildman–Crippen LogP) is 1.85. The van der Waals surface area contributed by atoms with Crippen LogP contribution in [0.2, 0.25) is 0 Å². The normalized spacial score (nSPS) is 31.8. The van der Waals surface area contributed by atoms with E-state index in [1.165, 1.54) is 12.3 Å². The molecule has 0 spiro atoms. The molecule has 1 saturated heterocycles. The Labute approximate surface area is 136 Å². The molecule has 1 saturated carbocycles. The number of aromatic nitrogens is 1. The molecule has 0 bridgehead atoms. The summed E-state index contributed by atoms with van der Waals surface area (Å²) >= 11 is 0. The van der Waals surface area contributed by atoms with Crippen LogP contribution in [0.3, 0.4) is 0 Å². The molecule has 2 fully saturated rings. The van der Waals surface area contributed by atoms with Crippen LogP contribution in [0.1, 0.15) is 47.5 Å². The molecule has 2 heterocycles. The van der Waals surface area contributed by atoms with Crippen molar-refractivity contribution in [3.63, 3.8) is 0 Å². The van der Waals surface area contributed by atoms with Crippen molar-refractivity contribution in [1.82, 2.24) is 4.98 Å². The molecule has 23 heavy (non-hydrogen) atoms. The second-order valence-corrected chi connectivity index (χ2v) is 7.93. The zero-order chi connectivity index (χ0) is 17.0. The third kappa shape index (κ3) is 3.10. The zero-order valence-electron chi connectivity index (χ0n) is 14.3. The zero-order valence-corrected chi connectivity index (χ0v) is 14.3. The Bertz CT molecular complexity index is 597. The SMILES string of the molecule is CC1(O)CC(Nc2ncc(F)cc2B2OC(C)(C)C(C)(C)O2)C1. The van der Waals surface area contributed by atoms with E-state index in [-0.39, 0.29) is 6.04 Å². The number of anilines is 1. The first-order valence-corrected chi connectivity index (χ1v) is 7.99.